The SMILES string of the molecule is C[C@@H](C#N)C(=O)N1CC2(CC2)[C@H](NS(=O)(=O)C(F)F)C[C@@H]1Cc1cccc(-c2ccccc2)c1F. The molecule has 1 saturated heterocycles. The lowest BCUT2D eigenvalue weighted by atomic mass is 9.82. The number of carbonyl (C=O) groups excluding carboxylic acids is 1. The highest BCUT2D eigenvalue weighted by atomic mass is 32.2. The largest absolute Gasteiger partial charge is 0.350 e. The molecule has 0 aromatic heterocycles. The highest BCUT2D eigenvalue weighted by molar-refractivity contribution is 7.89. The van der Waals surface area contributed by atoms with Crippen molar-refractivity contribution in [1.82, 2.24) is 9.62 Å². The topological polar surface area (TPSA) is 90.3 Å². The highest BCUT2D eigenvalue weighted by Gasteiger charge is 2.57. The van der Waals surface area contributed by atoms with Gasteiger partial charge in [0.2, 0.25) is 5.91 Å². The van der Waals surface area contributed by atoms with E-state index >= 15 is 4.39 Å². The minimum Gasteiger partial charge on any atom is -0.338 e. The molecule has 6 nitrogen and oxygen atoms in total. The second kappa shape index (κ2) is 9.63. The van der Waals surface area contributed by atoms with Crippen LogP contribution in [0, 0.1) is 28.5 Å². The lowest BCUT2D eigenvalue weighted by Crippen LogP contribution is -2.59. The van der Waals surface area contributed by atoms with Gasteiger partial charge < -0.3 is 4.90 Å². The Labute approximate surface area is 202 Å². The molecule has 2 aromatic rings. The zero-order chi connectivity index (χ0) is 25.4. The number of sulfonamides is 1. The van der Waals surface area contributed by atoms with Crippen LogP contribution < -0.4 is 4.72 Å². The van der Waals surface area contributed by atoms with Crippen molar-refractivity contribution in [3.63, 3.8) is 0 Å². The maximum absolute atomic E-state index is 15.5. The molecule has 0 bridgehead atoms. The van der Waals surface area contributed by atoms with Crippen LogP contribution in [0.4, 0.5) is 13.2 Å². The Kier molecular flexibility index (Phi) is 6.93. The number of halogens is 3. The first-order valence-electron chi connectivity index (χ1n) is 11.4. The van der Waals surface area contributed by atoms with E-state index < -0.39 is 50.9 Å². The third-order valence-electron chi connectivity index (χ3n) is 7.07. The van der Waals surface area contributed by atoms with Gasteiger partial charge in [-0.15, -0.1) is 0 Å². The van der Waals surface area contributed by atoms with Crippen LogP contribution in [0.3, 0.4) is 0 Å². The second-order valence-corrected chi connectivity index (χ2v) is 11.1. The summed E-state index contributed by atoms with van der Waals surface area (Å²) in [5.41, 5.74) is 0.728. The van der Waals surface area contributed by atoms with Crippen LogP contribution in [0.25, 0.3) is 11.1 Å². The number of likely N-dealkylation sites (tertiary alicyclic amines) is 1. The lowest BCUT2D eigenvalue weighted by molar-refractivity contribution is -0.139. The molecule has 3 atom stereocenters. The van der Waals surface area contributed by atoms with Crippen LogP contribution in [-0.4, -0.2) is 43.6 Å². The van der Waals surface area contributed by atoms with Crippen molar-refractivity contribution in [3.8, 4) is 17.2 Å². The molecule has 1 saturated carbocycles. The number of hydrogen-bond acceptors (Lipinski definition) is 4. The third-order valence-corrected chi connectivity index (χ3v) is 8.15. The molecule has 1 N–H and O–H groups in total. The Hall–Kier alpha value is -2.90. The Morgan fingerprint density at radius 2 is 1.89 bits per heavy atom. The number of nitrogens with one attached hydrogen (secondary N) is 1. The van der Waals surface area contributed by atoms with Crippen molar-refractivity contribution in [2.75, 3.05) is 6.54 Å². The van der Waals surface area contributed by atoms with E-state index in [2.05, 4.69) is 4.72 Å². The fourth-order valence-corrected chi connectivity index (χ4v) is 5.75. The number of piperidine rings is 1. The molecule has 186 valence electrons. The van der Waals surface area contributed by atoms with Gasteiger partial charge in [-0.05, 0) is 43.7 Å². The zero-order valence-corrected chi connectivity index (χ0v) is 19.9. The Morgan fingerprint density at radius 1 is 1.20 bits per heavy atom. The average molecular weight is 506 g/mol. The highest BCUT2D eigenvalue weighted by Crippen LogP contribution is 2.54. The molecule has 2 aliphatic rings. The average Bonchev–Trinajstić information content (AvgIpc) is 3.62. The first kappa shape index (κ1) is 25.2. The number of carbonyl (C=O) groups is 1. The fourth-order valence-electron chi connectivity index (χ4n) is 4.91. The van der Waals surface area contributed by atoms with Crippen LogP contribution in [0.1, 0.15) is 31.7 Å². The molecule has 1 aliphatic carbocycles. The number of hydrogen-bond donors (Lipinski definition) is 1. The maximum atomic E-state index is 15.5. The Bertz CT molecular complexity index is 1240. The summed E-state index contributed by atoms with van der Waals surface area (Å²) in [6.07, 6.45) is 1.24. The number of rotatable bonds is 7. The van der Waals surface area contributed by atoms with Crippen molar-refractivity contribution in [2.45, 2.75) is 50.4 Å². The molecule has 1 spiro atoms. The van der Waals surface area contributed by atoms with E-state index in [0.29, 0.717) is 29.5 Å². The number of benzene rings is 2. The predicted octanol–water partition coefficient (Wildman–Crippen LogP) is 4.09. The van der Waals surface area contributed by atoms with Crippen LogP contribution in [0.2, 0.25) is 0 Å². The van der Waals surface area contributed by atoms with Gasteiger partial charge in [0.1, 0.15) is 11.7 Å². The number of nitriles is 1. The molecule has 1 heterocycles. The number of nitrogens with zero attached hydrogens (tertiary/aromatic N) is 2. The summed E-state index contributed by atoms with van der Waals surface area (Å²) in [4.78, 5) is 14.6. The fraction of sp³-hybridized carbons (Fsp3) is 0.440. The van der Waals surface area contributed by atoms with Gasteiger partial charge in [-0.1, -0.05) is 48.5 Å². The third kappa shape index (κ3) is 5.07. The van der Waals surface area contributed by atoms with Gasteiger partial charge in [0.15, 0.2) is 0 Å². The predicted molar refractivity (Wildman–Crippen MR) is 124 cm³/mol. The van der Waals surface area contributed by atoms with Crippen LogP contribution in [0.15, 0.2) is 48.5 Å². The number of amides is 1. The lowest BCUT2D eigenvalue weighted by Gasteiger charge is -2.45. The molecule has 0 unspecified atom stereocenters. The van der Waals surface area contributed by atoms with Gasteiger partial charge in [0.25, 0.3) is 10.0 Å². The van der Waals surface area contributed by atoms with E-state index in [0.717, 1.165) is 0 Å². The monoisotopic (exact) mass is 505 g/mol. The van der Waals surface area contributed by atoms with Gasteiger partial charge in [-0.2, -0.15) is 14.0 Å². The molecule has 0 radical (unpaired) electrons. The Balaban J connectivity index is 1.67. The molecule has 10 heteroatoms. The van der Waals surface area contributed by atoms with Crippen LogP contribution >= 0.6 is 0 Å². The molecule has 4 rings (SSSR count). The van der Waals surface area contributed by atoms with E-state index in [1.54, 1.807) is 42.5 Å². The molecule has 1 aliphatic heterocycles. The molecule has 2 fully saturated rings. The molecule has 1 amide bonds. The van der Waals surface area contributed by atoms with Crippen molar-refractivity contribution in [3.05, 3.63) is 59.9 Å². The zero-order valence-electron chi connectivity index (χ0n) is 19.1. The van der Waals surface area contributed by atoms with Crippen molar-refractivity contribution in [1.29, 1.82) is 5.26 Å². The molecule has 35 heavy (non-hydrogen) atoms. The summed E-state index contributed by atoms with van der Waals surface area (Å²) < 4.78 is 67.8. The molecule has 2 aromatic carbocycles. The quantitative estimate of drug-likeness (QED) is 0.614. The van der Waals surface area contributed by atoms with Crippen LogP contribution in [-0.2, 0) is 21.2 Å². The standard InChI is InChI=1S/C25H26F3N3O3S/c1-16(14-29)23(32)31-15-25(10-11-25)21(30-35(33,34)24(27)28)13-19(31)12-18-8-5-9-20(22(18)26)17-6-3-2-4-7-17/h2-9,16,19,21,24,30H,10-13,15H2,1H3/t16-,19-,21+/m0/s1. The maximum Gasteiger partial charge on any atom is 0.350 e. The van der Waals surface area contributed by atoms with E-state index in [4.69, 9.17) is 0 Å². The minimum atomic E-state index is -4.85. The summed E-state index contributed by atoms with van der Waals surface area (Å²) in [6.45, 7) is 1.60. The summed E-state index contributed by atoms with van der Waals surface area (Å²) in [6, 6.07) is 14.3. The van der Waals surface area contributed by atoms with Gasteiger partial charge in [-0.3, -0.25) is 4.79 Å². The smallest absolute Gasteiger partial charge is 0.338 e. The van der Waals surface area contributed by atoms with E-state index in [1.807, 2.05) is 12.1 Å². The van der Waals surface area contributed by atoms with Gasteiger partial charge in [0.05, 0.1) is 6.07 Å². The molecular formula is C25H26F3N3O3S. The summed E-state index contributed by atoms with van der Waals surface area (Å²) >= 11 is 0. The van der Waals surface area contributed by atoms with Crippen LogP contribution in [0.5, 0.6) is 0 Å². The first-order valence-corrected chi connectivity index (χ1v) is 12.9. The van der Waals surface area contributed by atoms with Gasteiger partial charge in [0, 0.05) is 29.6 Å². The Morgan fingerprint density at radius 3 is 2.49 bits per heavy atom. The normalized spacial score (nSPS) is 22.1. The van der Waals surface area contributed by atoms with Crippen molar-refractivity contribution >= 4 is 15.9 Å². The van der Waals surface area contributed by atoms with E-state index in [1.165, 1.54) is 11.8 Å². The minimum absolute atomic E-state index is 0.0465. The van der Waals surface area contributed by atoms with Crippen molar-refractivity contribution < 1.29 is 26.4 Å². The summed E-state index contributed by atoms with van der Waals surface area (Å²) in [7, 11) is -4.85. The van der Waals surface area contributed by atoms with Gasteiger partial charge >= 0.3 is 5.76 Å². The van der Waals surface area contributed by atoms with Gasteiger partial charge in [-0.25, -0.2) is 17.5 Å². The first-order chi connectivity index (χ1) is 16.6. The van der Waals surface area contributed by atoms with E-state index in [-0.39, 0.29) is 19.4 Å². The number of alkyl halides is 2. The summed E-state index contributed by atoms with van der Waals surface area (Å²) in [5, 5.41) is 9.30. The second-order valence-electron chi connectivity index (χ2n) is 9.39. The van der Waals surface area contributed by atoms with E-state index in [9.17, 15) is 27.3 Å². The summed E-state index contributed by atoms with van der Waals surface area (Å²) in [5.74, 6) is -5.41. The molecular weight excluding hydrogens is 479 g/mol. The van der Waals surface area contributed by atoms with Crippen molar-refractivity contribution in [2.24, 2.45) is 11.3 Å².